The number of nitrogens with two attached hydrogens (primary N) is 1. The van der Waals surface area contributed by atoms with Crippen LogP contribution in [0.2, 0.25) is 0 Å². The van der Waals surface area contributed by atoms with Gasteiger partial charge in [-0.15, -0.1) is 0 Å². The average Bonchev–Trinajstić information content (AvgIpc) is 3.15. The molecule has 0 saturated carbocycles. The average molecular weight is 352 g/mol. The molecule has 0 unspecified atom stereocenters. The highest BCUT2D eigenvalue weighted by atomic mass is 16.5. The predicted octanol–water partition coefficient (Wildman–Crippen LogP) is 2.76. The second kappa shape index (κ2) is 6.76. The minimum Gasteiger partial charge on any atom is -0.486 e. The fourth-order valence-electron chi connectivity index (χ4n) is 3.10. The van der Waals surface area contributed by atoms with Crippen LogP contribution in [0.25, 0.3) is 22.0 Å². The van der Waals surface area contributed by atoms with Gasteiger partial charge in [0.05, 0.1) is 26.0 Å². The second-order valence-corrected chi connectivity index (χ2v) is 6.26. The first kappa shape index (κ1) is 16.5. The smallest absolute Gasteiger partial charge is 0.236 e. The lowest BCUT2D eigenvalue weighted by atomic mass is 10.0. The SMILES string of the molecule is COc1ncc(-c2cc(O[C@@H]3CCOC3)c3ncnc(C)c3c2)cc1N. The van der Waals surface area contributed by atoms with Gasteiger partial charge in [0.15, 0.2) is 0 Å². The lowest BCUT2D eigenvalue weighted by molar-refractivity contribution is 0.142. The number of nitrogen functional groups attached to an aromatic ring is 1. The minimum absolute atomic E-state index is 0.0304. The number of nitrogens with zero attached hydrogens (tertiary/aromatic N) is 3. The molecule has 1 aromatic carbocycles. The van der Waals surface area contributed by atoms with Gasteiger partial charge in [0.1, 0.15) is 23.7 Å². The maximum absolute atomic E-state index is 6.19. The van der Waals surface area contributed by atoms with Gasteiger partial charge in [-0.05, 0) is 30.7 Å². The molecule has 4 rings (SSSR count). The highest BCUT2D eigenvalue weighted by molar-refractivity contribution is 5.91. The Balaban J connectivity index is 1.84. The van der Waals surface area contributed by atoms with Crippen molar-refractivity contribution >= 4 is 16.6 Å². The van der Waals surface area contributed by atoms with Gasteiger partial charge in [-0.25, -0.2) is 15.0 Å². The Bertz CT molecular complexity index is 955. The van der Waals surface area contributed by atoms with Crippen LogP contribution < -0.4 is 15.2 Å². The lowest BCUT2D eigenvalue weighted by Crippen LogP contribution is -2.16. The van der Waals surface area contributed by atoms with Crippen molar-refractivity contribution in [2.45, 2.75) is 19.4 Å². The molecule has 7 heteroatoms. The first-order valence-corrected chi connectivity index (χ1v) is 8.45. The number of benzene rings is 1. The minimum atomic E-state index is 0.0304. The Labute approximate surface area is 151 Å². The molecule has 7 nitrogen and oxygen atoms in total. The van der Waals surface area contributed by atoms with Crippen LogP contribution in [-0.2, 0) is 4.74 Å². The van der Waals surface area contributed by atoms with Gasteiger partial charge in [0.2, 0.25) is 5.88 Å². The number of hydrogen-bond donors (Lipinski definition) is 1. The van der Waals surface area contributed by atoms with Crippen molar-refractivity contribution < 1.29 is 14.2 Å². The molecule has 0 aliphatic carbocycles. The third-order valence-electron chi connectivity index (χ3n) is 4.49. The number of aryl methyl sites for hydroxylation is 1. The molecule has 1 fully saturated rings. The highest BCUT2D eigenvalue weighted by Crippen LogP contribution is 2.35. The summed E-state index contributed by atoms with van der Waals surface area (Å²) in [5.41, 5.74) is 10.0. The van der Waals surface area contributed by atoms with E-state index in [4.69, 9.17) is 19.9 Å². The van der Waals surface area contributed by atoms with Crippen LogP contribution in [0, 0.1) is 6.92 Å². The molecule has 2 aromatic heterocycles. The number of aromatic nitrogens is 3. The molecule has 2 N–H and O–H groups in total. The number of pyridine rings is 1. The molecule has 0 radical (unpaired) electrons. The lowest BCUT2D eigenvalue weighted by Gasteiger charge is -2.16. The summed E-state index contributed by atoms with van der Waals surface area (Å²) in [5, 5.41) is 0.938. The van der Waals surface area contributed by atoms with Crippen molar-refractivity contribution in [3.8, 4) is 22.8 Å². The number of methoxy groups -OCH3 is 1. The molecule has 0 spiro atoms. The van der Waals surface area contributed by atoms with Gasteiger partial charge < -0.3 is 19.9 Å². The molecule has 1 saturated heterocycles. The van der Waals surface area contributed by atoms with Gasteiger partial charge in [0.25, 0.3) is 0 Å². The summed E-state index contributed by atoms with van der Waals surface area (Å²) in [4.78, 5) is 13.0. The largest absolute Gasteiger partial charge is 0.486 e. The molecule has 1 aliphatic rings. The second-order valence-electron chi connectivity index (χ2n) is 6.26. The van der Waals surface area contributed by atoms with Crippen LogP contribution in [0.3, 0.4) is 0 Å². The van der Waals surface area contributed by atoms with Crippen LogP contribution in [0.15, 0.2) is 30.7 Å². The van der Waals surface area contributed by atoms with Gasteiger partial charge in [-0.3, -0.25) is 0 Å². The van der Waals surface area contributed by atoms with E-state index in [9.17, 15) is 0 Å². The van der Waals surface area contributed by atoms with Gasteiger partial charge in [0, 0.05) is 29.3 Å². The van der Waals surface area contributed by atoms with Crippen molar-refractivity contribution in [1.29, 1.82) is 0 Å². The predicted molar refractivity (Wildman–Crippen MR) is 98.3 cm³/mol. The van der Waals surface area contributed by atoms with Gasteiger partial charge in [-0.2, -0.15) is 0 Å². The summed E-state index contributed by atoms with van der Waals surface area (Å²) in [6, 6.07) is 5.84. The maximum Gasteiger partial charge on any atom is 0.236 e. The molecule has 0 bridgehead atoms. The summed E-state index contributed by atoms with van der Waals surface area (Å²) in [6.45, 7) is 3.26. The van der Waals surface area contributed by atoms with Crippen molar-refractivity contribution in [3.63, 3.8) is 0 Å². The van der Waals surface area contributed by atoms with Crippen LogP contribution in [0.5, 0.6) is 11.6 Å². The highest BCUT2D eigenvalue weighted by Gasteiger charge is 2.20. The molecule has 3 aromatic rings. The molecular weight excluding hydrogens is 332 g/mol. The van der Waals surface area contributed by atoms with Gasteiger partial charge >= 0.3 is 0 Å². The molecule has 1 atom stereocenters. The Morgan fingerprint density at radius 3 is 2.77 bits per heavy atom. The van der Waals surface area contributed by atoms with E-state index in [0.717, 1.165) is 40.8 Å². The van der Waals surface area contributed by atoms with E-state index in [-0.39, 0.29) is 6.10 Å². The van der Waals surface area contributed by atoms with E-state index < -0.39 is 0 Å². The van der Waals surface area contributed by atoms with Crippen molar-refractivity contribution in [2.75, 3.05) is 26.1 Å². The van der Waals surface area contributed by atoms with Crippen LogP contribution in [0.1, 0.15) is 12.1 Å². The Kier molecular flexibility index (Phi) is 4.30. The fourth-order valence-corrected chi connectivity index (χ4v) is 3.10. The van der Waals surface area contributed by atoms with Crippen LogP contribution >= 0.6 is 0 Å². The summed E-state index contributed by atoms with van der Waals surface area (Å²) in [6.07, 6.45) is 4.19. The molecule has 0 amide bonds. The number of ether oxygens (including phenoxy) is 3. The zero-order valence-corrected chi connectivity index (χ0v) is 14.7. The van der Waals surface area contributed by atoms with E-state index in [1.165, 1.54) is 0 Å². The monoisotopic (exact) mass is 352 g/mol. The standard InChI is InChI=1S/C19H20N4O3/c1-11-15-5-12(13-6-16(20)19(24-2)21-8-13)7-17(18(15)23-10-22-11)26-14-3-4-25-9-14/h5-8,10,14H,3-4,9,20H2,1-2H3/t14-/m1/s1. The van der Waals surface area contributed by atoms with E-state index in [1.807, 2.05) is 25.1 Å². The van der Waals surface area contributed by atoms with E-state index in [1.54, 1.807) is 19.6 Å². The van der Waals surface area contributed by atoms with E-state index in [0.29, 0.717) is 23.9 Å². The van der Waals surface area contributed by atoms with E-state index in [2.05, 4.69) is 15.0 Å². The van der Waals surface area contributed by atoms with Crippen molar-refractivity contribution in [1.82, 2.24) is 15.0 Å². The molecular formula is C19H20N4O3. The zero-order valence-electron chi connectivity index (χ0n) is 14.7. The Morgan fingerprint density at radius 2 is 2.04 bits per heavy atom. The fraction of sp³-hybridized carbons (Fsp3) is 0.316. The summed E-state index contributed by atoms with van der Waals surface area (Å²) in [5.74, 6) is 1.13. The third-order valence-corrected chi connectivity index (χ3v) is 4.49. The van der Waals surface area contributed by atoms with Gasteiger partial charge in [-0.1, -0.05) is 0 Å². The summed E-state index contributed by atoms with van der Waals surface area (Å²) in [7, 11) is 1.55. The maximum atomic E-state index is 6.19. The number of rotatable bonds is 4. The normalized spacial score (nSPS) is 16.8. The first-order chi connectivity index (χ1) is 12.7. The quantitative estimate of drug-likeness (QED) is 0.772. The molecule has 26 heavy (non-hydrogen) atoms. The molecule has 1 aliphatic heterocycles. The third kappa shape index (κ3) is 3.01. The van der Waals surface area contributed by atoms with Crippen LogP contribution in [-0.4, -0.2) is 41.4 Å². The Hall–Kier alpha value is -2.93. The Morgan fingerprint density at radius 1 is 1.15 bits per heavy atom. The number of hydrogen-bond acceptors (Lipinski definition) is 7. The van der Waals surface area contributed by atoms with Crippen molar-refractivity contribution in [3.05, 3.63) is 36.4 Å². The summed E-state index contributed by atoms with van der Waals surface area (Å²) < 4.78 is 16.8. The first-order valence-electron chi connectivity index (χ1n) is 8.45. The zero-order chi connectivity index (χ0) is 18.1. The molecule has 3 heterocycles. The van der Waals surface area contributed by atoms with Crippen molar-refractivity contribution in [2.24, 2.45) is 0 Å². The summed E-state index contributed by atoms with van der Waals surface area (Å²) >= 11 is 0. The number of fused-ring (bicyclic) bond motifs is 1. The number of anilines is 1. The van der Waals surface area contributed by atoms with Crippen LogP contribution in [0.4, 0.5) is 5.69 Å². The molecule has 134 valence electrons. The van der Waals surface area contributed by atoms with E-state index >= 15 is 0 Å². The topological polar surface area (TPSA) is 92.4 Å².